The van der Waals surface area contributed by atoms with E-state index < -0.39 is 6.04 Å². The lowest BCUT2D eigenvalue weighted by Gasteiger charge is -2.11. The second-order valence-electron chi connectivity index (χ2n) is 4.59. The van der Waals surface area contributed by atoms with Crippen molar-refractivity contribution >= 4 is 11.6 Å². The number of hydrogen-bond donors (Lipinski definition) is 2. The maximum atomic E-state index is 11.8. The normalized spacial score (nSPS) is 16.1. The highest BCUT2D eigenvalue weighted by Gasteiger charge is 2.26. The third kappa shape index (κ3) is 3.70. The second-order valence-corrected chi connectivity index (χ2v) is 4.59. The molecule has 98 valence electrons. The predicted molar refractivity (Wildman–Crippen MR) is 69.4 cm³/mol. The van der Waals surface area contributed by atoms with Crippen LogP contribution in [0.5, 0.6) is 5.88 Å². The number of nitrogens with one attached hydrogen (secondary N) is 1. The van der Waals surface area contributed by atoms with Gasteiger partial charge < -0.3 is 15.8 Å². The fourth-order valence-electron chi connectivity index (χ4n) is 1.74. The van der Waals surface area contributed by atoms with Gasteiger partial charge in [-0.3, -0.25) is 4.79 Å². The van der Waals surface area contributed by atoms with E-state index in [1.54, 1.807) is 18.3 Å². The number of nitrogens with two attached hydrogens (primary N) is 1. The van der Waals surface area contributed by atoms with E-state index in [2.05, 4.69) is 10.3 Å². The van der Waals surface area contributed by atoms with Gasteiger partial charge in [0.15, 0.2) is 0 Å². The molecule has 1 aliphatic rings. The monoisotopic (exact) mass is 249 g/mol. The number of hydrogen-bond acceptors (Lipinski definition) is 4. The first-order valence-electron chi connectivity index (χ1n) is 6.34. The molecule has 1 fully saturated rings. The number of rotatable bonds is 6. The van der Waals surface area contributed by atoms with E-state index in [0.29, 0.717) is 24.1 Å². The highest BCUT2D eigenvalue weighted by molar-refractivity contribution is 5.94. The Hall–Kier alpha value is -1.62. The van der Waals surface area contributed by atoms with Crippen LogP contribution in [0.15, 0.2) is 18.3 Å². The van der Waals surface area contributed by atoms with Gasteiger partial charge >= 0.3 is 0 Å². The van der Waals surface area contributed by atoms with Crippen LogP contribution >= 0.6 is 0 Å². The molecule has 3 N–H and O–H groups in total. The van der Waals surface area contributed by atoms with E-state index >= 15 is 0 Å². The van der Waals surface area contributed by atoms with Crippen LogP contribution in [-0.4, -0.2) is 23.5 Å². The molecule has 0 spiro atoms. The molecule has 1 amide bonds. The minimum Gasteiger partial charge on any atom is -0.478 e. The SMILES string of the molecule is CCOc1ccc(NC(=O)[C@@H](N)CC2CC2)cn1. The fraction of sp³-hybridized carbons (Fsp3) is 0.538. The van der Waals surface area contributed by atoms with Crippen molar-refractivity contribution in [3.8, 4) is 5.88 Å². The van der Waals surface area contributed by atoms with Gasteiger partial charge in [-0.05, 0) is 25.3 Å². The second kappa shape index (κ2) is 5.82. The molecule has 0 radical (unpaired) electrons. The molecule has 1 saturated carbocycles. The standard InChI is InChI=1S/C13H19N3O2/c1-2-18-12-6-5-10(8-15-12)16-13(17)11(14)7-9-3-4-9/h5-6,8-9,11H,2-4,7,14H2,1H3,(H,16,17)/t11-/m0/s1. The third-order valence-corrected chi connectivity index (χ3v) is 2.92. The number of carbonyl (C=O) groups excluding carboxylic acids is 1. The van der Waals surface area contributed by atoms with Crippen LogP contribution in [0, 0.1) is 5.92 Å². The van der Waals surface area contributed by atoms with E-state index in [9.17, 15) is 4.79 Å². The first-order valence-corrected chi connectivity index (χ1v) is 6.34. The van der Waals surface area contributed by atoms with Gasteiger partial charge in [0.2, 0.25) is 11.8 Å². The summed E-state index contributed by atoms with van der Waals surface area (Å²) in [5, 5.41) is 2.76. The van der Waals surface area contributed by atoms with Crippen LogP contribution < -0.4 is 15.8 Å². The Morgan fingerprint density at radius 1 is 1.61 bits per heavy atom. The van der Waals surface area contributed by atoms with Crippen molar-refractivity contribution < 1.29 is 9.53 Å². The molecule has 0 unspecified atom stereocenters. The number of ether oxygens (including phenoxy) is 1. The molecule has 0 bridgehead atoms. The van der Waals surface area contributed by atoms with Crippen LogP contribution in [-0.2, 0) is 4.79 Å². The highest BCUT2D eigenvalue weighted by Crippen LogP contribution is 2.33. The van der Waals surface area contributed by atoms with Gasteiger partial charge in [-0.15, -0.1) is 0 Å². The quantitative estimate of drug-likeness (QED) is 0.801. The molecule has 1 heterocycles. The Morgan fingerprint density at radius 3 is 2.94 bits per heavy atom. The smallest absolute Gasteiger partial charge is 0.241 e. The van der Waals surface area contributed by atoms with Crippen molar-refractivity contribution in [3.05, 3.63) is 18.3 Å². The molecule has 5 heteroatoms. The van der Waals surface area contributed by atoms with Crippen molar-refractivity contribution in [2.45, 2.75) is 32.2 Å². The Balaban J connectivity index is 1.85. The van der Waals surface area contributed by atoms with Gasteiger partial charge in [-0.2, -0.15) is 0 Å². The van der Waals surface area contributed by atoms with Gasteiger partial charge in [-0.1, -0.05) is 12.8 Å². The minimum atomic E-state index is -0.427. The molecular formula is C13H19N3O2. The van der Waals surface area contributed by atoms with Crippen LogP contribution in [0.25, 0.3) is 0 Å². The van der Waals surface area contributed by atoms with Crippen molar-refractivity contribution in [3.63, 3.8) is 0 Å². The summed E-state index contributed by atoms with van der Waals surface area (Å²) in [4.78, 5) is 15.9. The molecule has 1 atom stereocenters. The largest absolute Gasteiger partial charge is 0.478 e. The molecule has 0 aromatic carbocycles. The molecule has 1 aliphatic carbocycles. The Morgan fingerprint density at radius 2 is 2.39 bits per heavy atom. The maximum absolute atomic E-state index is 11.8. The minimum absolute atomic E-state index is 0.146. The maximum Gasteiger partial charge on any atom is 0.241 e. The van der Waals surface area contributed by atoms with Crippen LogP contribution in [0.4, 0.5) is 5.69 Å². The first kappa shape index (κ1) is 12.8. The van der Waals surface area contributed by atoms with Gasteiger partial charge in [0, 0.05) is 6.07 Å². The van der Waals surface area contributed by atoms with Gasteiger partial charge in [0.25, 0.3) is 0 Å². The zero-order valence-corrected chi connectivity index (χ0v) is 10.6. The summed E-state index contributed by atoms with van der Waals surface area (Å²) in [6.07, 6.45) is 4.75. The number of nitrogens with zero attached hydrogens (tertiary/aromatic N) is 1. The van der Waals surface area contributed by atoms with Gasteiger partial charge in [0.1, 0.15) is 0 Å². The van der Waals surface area contributed by atoms with Crippen molar-refractivity contribution in [1.82, 2.24) is 4.98 Å². The fourth-order valence-corrected chi connectivity index (χ4v) is 1.74. The summed E-state index contributed by atoms with van der Waals surface area (Å²) in [6.45, 7) is 2.47. The summed E-state index contributed by atoms with van der Waals surface area (Å²) in [6, 6.07) is 3.06. The van der Waals surface area contributed by atoms with Crippen LogP contribution in [0.1, 0.15) is 26.2 Å². The summed E-state index contributed by atoms with van der Waals surface area (Å²) in [5.74, 6) is 1.05. The number of anilines is 1. The van der Waals surface area contributed by atoms with Crippen LogP contribution in [0.3, 0.4) is 0 Å². The Kier molecular flexibility index (Phi) is 4.15. The topological polar surface area (TPSA) is 77.2 Å². The zero-order valence-electron chi connectivity index (χ0n) is 10.6. The number of carbonyl (C=O) groups is 1. The molecule has 0 saturated heterocycles. The Bertz CT molecular complexity index is 401. The van der Waals surface area contributed by atoms with Gasteiger partial charge in [-0.25, -0.2) is 4.98 Å². The summed E-state index contributed by atoms with van der Waals surface area (Å²) < 4.78 is 5.23. The van der Waals surface area contributed by atoms with E-state index in [1.807, 2.05) is 6.92 Å². The average Bonchev–Trinajstić information content (AvgIpc) is 3.16. The van der Waals surface area contributed by atoms with E-state index in [4.69, 9.17) is 10.5 Å². The molecule has 1 aromatic heterocycles. The lowest BCUT2D eigenvalue weighted by molar-refractivity contribution is -0.117. The Labute approximate surface area is 107 Å². The molecule has 5 nitrogen and oxygen atoms in total. The highest BCUT2D eigenvalue weighted by atomic mass is 16.5. The lowest BCUT2D eigenvalue weighted by atomic mass is 10.1. The van der Waals surface area contributed by atoms with E-state index in [-0.39, 0.29) is 5.91 Å². The van der Waals surface area contributed by atoms with Crippen LogP contribution in [0.2, 0.25) is 0 Å². The predicted octanol–water partition coefficient (Wildman–Crippen LogP) is 1.55. The first-order chi connectivity index (χ1) is 8.69. The molecule has 0 aliphatic heterocycles. The van der Waals surface area contributed by atoms with E-state index in [0.717, 1.165) is 6.42 Å². The van der Waals surface area contributed by atoms with Gasteiger partial charge in [0.05, 0.1) is 24.5 Å². The van der Waals surface area contributed by atoms with E-state index in [1.165, 1.54) is 12.8 Å². The molecule has 2 rings (SSSR count). The number of aromatic nitrogens is 1. The average molecular weight is 249 g/mol. The third-order valence-electron chi connectivity index (χ3n) is 2.92. The van der Waals surface area contributed by atoms with Crippen molar-refractivity contribution in [2.75, 3.05) is 11.9 Å². The summed E-state index contributed by atoms with van der Waals surface area (Å²) in [7, 11) is 0. The lowest BCUT2D eigenvalue weighted by Crippen LogP contribution is -2.36. The van der Waals surface area contributed by atoms with Crippen molar-refractivity contribution in [1.29, 1.82) is 0 Å². The zero-order chi connectivity index (χ0) is 13.0. The number of pyridine rings is 1. The number of amides is 1. The summed E-state index contributed by atoms with van der Waals surface area (Å²) in [5.41, 5.74) is 6.47. The summed E-state index contributed by atoms with van der Waals surface area (Å²) >= 11 is 0. The molecule has 1 aromatic rings. The van der Waals surface area contributed by atoms with Crippen molar-refractivity contribution in [2.24, 2.45) is 11.7 Å². The molecular weight excluding hydrogens is 230 g/mol. The molecule has 18 heavy (non-hydrogen) atoms.